The summed E-state index contributed by atoms with van der Waals surface area (Å²) in [6, 6.07) is 0.826. The molecule has 2 N–H and O–H groups in total. The zero-order valence-corrected chi connectivity index (χ0v) is 12.0. The standard InChI is InChI=1S/C14H26N2O2/c1-5-10-11(15)8-9-6-7-12(10)16(9)13(17)18-14(2,3)4/h9-12H,5-8,15H2,1-4H3. The Hall–Kier alpha value is -0.770. The van der Waals surface area contributed by atoms with Crippen LogP contribution in [0.4, 0.5) is 4.79 Å². The first-order valence-electron chi connectivity index (χ1n) is 7.10. The largest absolute Gasteiger partial charge is 0.444 e. The highest BCUT2D eigenvalue weighted by molar-refractivity contribution is 5.69. The van der Waals surface area contributed by atoms with Crippen molar-refractivity contribution in [3.05, 3.63) is 0 Å². The monoisotopic (exact) mass is 254 g/mol. The summed E-state index contributed by atoms with van der Waals surface area (Å²) in [5.74, 6) is 0.427. The molecule has 2 aliphatic heterocycles. The minimum atomic E-state index is -0.419. The van der Waals surface area contributed by atoms with Crippen LogP contribution in [0, 0.1) is 5.92 Å². The Morgan fingerprint density at radius 3 is 2.61 bits per heavy atom. The second-order valence-electron chi connectivity index (χ2n) is 6.66. The molecule has 2 heterocycles. The topological polar surface area (TPSA) is 55.6 Å². The van der Waals surface area contributed by atoms with E-state index in [0.717, 1.165) is 25.7 Å². The molecular weight excluding hydrogens is 228 g/mol. The first-order valence-corrected chi connectivity index (χ1v) is 7.10. The Labute approximate surface area is 110 Å². The van der Waals surface area contributed by atoms with Crippen LogP contribution in [0.3, 0.4) is 0 Å². The fourth-order valence-corrected chi connectivity index (χ4v) is 3.51. The molecule has 0 aliphatic carbocycles. The minimum absolute atomic E-state index is 0.152. The van der Waals surface area contributed by atoms with E-state index in [1.807, 2.05) is 25.7 Å². The highest BCUT2D eigenvalue weighted by Crippen LogP contribution is 2.40. The predicted octanol–water partition coefficient (Wildman–Crippen LogP) is 2.51. The molecule has 4 unspecified atom stereocenters. The third-order valence-corrected chi connectivity index (χ3v) is 4.21. The van der Waals surface area contributed by atoms with Gasteiger partial charge in [-0.3, -0.25) is 0 Å². The van der Waals surface area contributed by atoms with Gasteiger partial charge in [0.15, 0.2) is 0 Å². The van der Waals surface area contributed by atoms with Gasteiger partial charge in [0.1, 0.15) is 5.60 Å². The molecule has 0 aromatic rings. The average Bonchev–Trinajstić information content (AvgIpc) is 2.53. The van der Waals surface area contributed by atoms with E-state index in [1.165, 1.54) is 0 Å². The summed E-state index contributed by atoms with van der Waals surface area (Å²) in [5.41, 5.74) is 5.80. The zero-order valence-electron chi connectivity index (χ0n) is 12.0. The lowest BCUT2D eigenvalue weighted by atomic mass is 9.84. The van der Waals surface area contributed by atoms with E-state index in [1.54, 1.807) is 0 Å². The Morgan fingerprint density at radius 2 is 2.06 bits per heavy atom. The van der Waals surface area contributed by atoms with Crippen molar-refractivity contribution in [3.63, 3.8) is 0 Å². The molecule has 2 saturated heterocycles. The molecule has 4 nitrogen and oxygen atoms in total. The van der Waals surface area contributed by atoms with Gasteiger partial charge in [-0.05, 0) is 52.4 Å². The molecule has 0 saturated carbocycles. The second-order valence-corrected chi connectivity index (χ2v) is 6.66. The van der Waals surface area contributed by atoms with Gasteiger partial charge < -0.3 is 15.4 Å². The smallest absolute Gasteiger partial charge is 0.410 e. The van der Waals surface area contributed by atoms with Crippen LogP contribution in [0.5, 0.6) is 0 Å². The highest BCUT2D eigenvalue weighted by atomic mass is 16.6. The van der Waals surface area contributed by atoms with E-state index in [4.69, 9.17) is 10.5 Å². The third kappa shape index (κ3) is 2.48. The highest BCUT2D eigenvalue weighted by Gasteiger charge is 2.48. The summed E-state index contributed by atoms with van der Waals surface area (Å²) >= 11 is 0. The number of rotatable bonds is 1. The molecule has 0 radical (unpaired) electrons. The van der Waals surface area contributed by atoms with Crippen LogP contribution >= 0.6 is 0 Å². The van der Waals surface area contributed by atoms with Crippen LogP contribution in [0.15, 0.2) is 0 Å². The van der Waals surface area contributed by atoms with Crippen LogP contribution in [-0.2, 0) is 4.74 Å². The summed E-state index contributed by atoms with van der Waals surface area (Å²) in [5, 5.41) is 0. The molecule has 104 valence electrons. The van der Waals surface area contributed by atoms with Crippen molar-refractivity contribution in [2.45, 2.75) is 77.1 Å². The number of carbonyl (C=O) groups excluding carboxylic acids is 1. The van der Waals surface area contributed by atoms with Crippen LogP contribution in [0.25, 0.3) is 0 Å². The third-order valence-electron chi connectivity index (χ3n) is 4.21. The van der Waals surface area contributed by atoms with Gasteiger partial charge in [-0.15, -0.1) is 0 Å². The number of nitrogens with zero attached hydrogens (tertiary/aromatic N) is 1. The maximum Gasteiger partial charge on any atom is 0.410 e. The number of amides is 1. The van der Waals surface area contributed by atoms with E-state index < -0.39 is 5.60 Å². The van der Waals surface area contributed by atoms with Gasteiger partial charge in [0.2, 0.25) is 0 Å². The number of ether oxygens (including phenoxy) is 1. The fourth-order valence-electron chi connectivity index (χ4n) is 3.51. The van der Waals surface area contributed by atoms with E-state index in [0.29, 0.717) is 18.0 Å². The average molecular weight is 254 g/mol. The molecule has 4 heteroatoms. The van der Waals surface area contributed by atoms with E-state index in [2.05, 4.69) is 6.92 Å². The molecular formula is C14H26N2O2. The van der Waals surface area contributed by atoms with Crippen LogP contribution < -0.4 is 5.73 Å². The van der Waals surface area contributed by atoms with Gasteiger partial charge in [-0.1, -0.05) is 6.92 Å². The molecule has 0 aromatic carbocycles. The van der Waals surface area contributed by atoms with E-state index in [9.17, 15) is 4.79 Å². The van der Waals surface area contributed by atoms with Gasteiger partial charge in [-0.25, -0.2) is 4.79 Å². The van der Waals surface area contributed by atoms with Crippen molar-refractivity contribution >= 4 is 6.09 Å². The van der Waals surface area contributed by atoms with Crippen LogP contribution in [-0.4, -0.2) is 34.7 Å². The van der Waals surface area contributed by atoms with Gasteiger partial charge in [0, 0.05) is 18.1 Å². The summed E-state index contributed by atoms with van der Waals surface area (Å²) < 4.78 is 5.53. The zero-order chi connectivity index (χ0) is 13.5. The minimum Gasteiger partial charge on any atom is -0.444 e. The Balaban J connectivity index is 2.12. The normalized spacial score (nSPS) is 35.7. The number of piperidine rings is 1. The van der Waals surface area contributed by atoms with Crippen molar-refractivity contribution in [2.75, 3.05) is 0 Å². The predicted molar refractivity (Wildman–Crippen MR) is 71.3 cm³/mol. The Morgan fingerprint density at radius 1 is 1.39 bits per heavy atom. The van der Waals surface area contributed by atoms with Gasteiger partial charge in [0.25, 0.3) is 0 Å². The van der Waals surface area contributed by atoms with Gasteiger partial charge in [0.05, 0.1) is 0 Å². The van der Waals surface area contributed by atoms with Crippen LogP contribution in [0.1, 0.15) is 53.4 Å². The molecule has 0 spiro atoms. The fraction of sp³-hybridized carbons (Fsp3) is 0.929. The van der Waals surface area contributed by atoms with E-state index >= 15 is 0 Å². The quantitative estimate of drug-likeness (QED) is 0.782. The first-order chi connectivity index (χ1) is 8.33. The van der Waals surface area contributed by atoms with E-state index in [-0.39, 0.29) is 12.1 Å². The number of nitrogens with two attached hydrogens (primary N) is 1. The van der Waals surface area contributed by atoms with Crippen molar-refractivity contribution in [2.24, 2.45) is 11.7 Å². The van der Waals surface area contributed by atoms with Crippen molar-refractivity contribution < 1.29 is 9.53 Å². The summed E-state index contributed by atoms with van der Waals surface area (Å²) in [6.45, 7) is 7.91. The molecule has 2 bridgehead atoms. The van der Waals surface area contributed by atoms with Gasteiger partial charge in [-0.2, -0.15) is 0 Å². The first kappa shape index (κ1) is 13.7. The summed E-state index contributed by atoms with van der Waals surface area (Å²) in [6.07, 6.45) is 3.97. The number of hydrogen-bond acceptors (Lipinski definition) is 3. The molecule has 2 aliphatic rings. The molecule has 18 heavy (non-hydrogen) atoms. The maximum absolute atomic E-state index is 12.3. The summed E-state index contributed by atoms with van der Waals surface area (Å²) in [4.78, 5) is 14.3. The van der Waals surface area contributed by atoms with Crippen LogP contribution in [0.2, 0.25) is 0 Å². The Bertz CT molecular complexity index is 324. The molecule has 0 aromatic heterocycles. The molecule has 1 amide bonds. The van der Waals surface area contributed by atoms with Crippen molar-refractivity contribution in [3.8, 4) is 0 Å². The van der Waals surface area contributed by atoms with Crippen molar-refractivity contribution in [1.29, 1.82) is 0 Å². The number of fused-ring (bicyclic) bond motifs is 2. The lowest BCUT2D eigenvalue weighted by Gasteiger charge is -2.43. The summed E-state index contributed by atoms with van der Waals surface area (Å²) in [7, 11) is 0. The number of carbonyl (C=O) groups is 1. The Kier molecular flexibility index (Phi) is 3.58. The lowest BCUT2D eigenvalue weighted by Crippen LogP contribution is -2.56. The maximum atomic E-state index is 12.3. The second kappa shape index (κ2) is 4.72. The molecule has 4 atom stereocenters. The SMILES string of the molecule is CCC1C(N)CC2CCC1N2C(=O)OC(C)(C)C. The molecule has 2 fully saturated rings. The van der Waals surface area contributed by atoms with Gasteiger partial charge >= 0.3 is 6.09 Å². The molecule has 2 rings (SSSR count). The lowest BCUT2D eigenvalue weighted by molar-refractivity contribution is -0.00490. The van der Waals surface area contributed by atoms with Crippen molar-refractivity contribution in [1.82, 2.24) is 4.90 Å². The number of hydrogen-bond donors (Lipinski definition) is 1.